The molecule has 0 atom stereocenters. The SMILES string of the molecule is Cc1cc2c(Br)c3ccc[nH]c3cc2c1[Si](C)(C)C1=Cc2ccccc2C1. The van der Waals surface area contributed by atoms with Crippen molar-refractivity contribution in [2.45, 2.75) is 26.4 Å². The van der Waals surface area contributed by atoms with Crippen LogP contribution in [0.3, 0.4) is 0 Å². The lowest BCUT2D eigenvalue weighted by Gasteiger charge is -2.26. The first-order valence-electron chi connectivity index (χ1n) is 9.45. The summed E-state index contributed by atoms with van der Waals surface area (Å²) < 4.78 is 1.20. The van der Waals surface area contributed by atoms with Gasteiger partial charge in [0.15, 0.2) is 0 Å². The Morgan fingerprint density at radius 2 is 1.78 bits per heavy atom. The van der Waals surface area contributed by atoms with E-state index in [1.807, 2.05) is 6.20 Å². The van der Waals surface area contributed by atoms with Gasteiger partial charge in [0.2, 0.25) is 0 Å². The van der Waals surface area contributed by atoms with Crippen molar-refractivity contribution < 1.29 is 0 Å². The van der Waals surface area contributed by atoms with Crippen molar-refractivity contribution in [3.05, 3.63) is 81.1 Å². The summed E-state index contributed by atoms with van der Waals surface area (Å²) >= 11 is 3.88. The molecule has 0 aliphatic heterocycles. The van der Waals surface area contributed by atoms with Crippen LogP contribution in [-0.2, 0) is 6.42 Å². The zero-order valence-electron chi connectivity index (χ0n) is 15.9. The molecule has 1 N–H and O–H groups in total. The second kappa shape index (κ2) is 5.95. The minimum Gasteiger partial charge on any atom is -0.361 e. The van der Waals surface area contributed by atoms with Crippen LogP contribution in [0.5, 0.6) is 0 Å². The molecular weight excluding hydrogens is 410 g/mol. The van der Waals surface area contributed by atoms with E-state index in [0.29, 0.717) is 0 Å². The van der Waals surface area contributed by atoms with E-state index in [9.17, 15) is 0 Å². The molecule has 0 fully saturated rings. The zero-order valence-corrected chi connectivity index (χ0v) is 18.4. The molecule has 0 radical (unpaired) electrons. The Kier molecular flexibility index (Phi) is 3.75. The number of aromatic nitrogens is 1. The molecule has 1 aromatic heterocycles. The van der Waals surface area contributed by atoms with Gasteiger partial charge in [0.25, 0.3) is 0 Å². The van der Waals surface area contributed by atoms with E-state index in [-0.39, 0.29) is 0 Å². The Bertz CT molecular complexity index is 1250. The van der Waals surface area contributed by atoms with Gasteiger partial charge in [-0.1, -0.05) is 66.3 Å². The molecule has 0 bridgehead atoms. The van der Waals surface area contributed by atoms with Crippen LogP contribution in [-0.4, -0.2) is 13.1 Å². The van der Waals surface area contributed by atoms with Gasteiger partial charge in [-0.15, -0.1) is 0 Å². The molecule has 5 rings (SSSR count). The number of hydrogen-bond acceptors (Lipinski definition) is 0. The first kappa shape index (κ1) is 17.0. The summed E-state index contributed by atoms with van der Waals surface area (Å²) in [4.78, 5) is 3.43. The molecule has 27 heavy (non-hydrogen) atoms. The third-order valence-electron chi connectivity index (χ3n) is 6.16. The number of H-pyrrole nitrogens is 1. The highest BCUT2D eigenvalue weighted by atomic mass is 79.9. The van der Waals surface area contributed by atoms with E-state index in [1.165, 1.54) is 42.8 Å². The number of nitrogens with one attached hydrogen (secondary N) is 1. The Morgan fingerprint density at radius 3 is 2.59 bits per heavy atom. The first-order valence-corrected chi connectivity index (χ1v) is 13.2. The number of pyridine rings is 1. The topological polar surface area (TPSA) is 15.8 Å². The summed E-state index contributed by atoms with van der Waals surface area (Å²) in [7, 11) is -1.78. The number of benzene rings is 2. The number of fused-ring (bicyclic) bond motifs is 3. The predicted octanol–water partition coefficient (Wildman–Crippen LogP) is 6.49. The Labute approximate surface area is 169 Å². The monoisotopic (exact) mass is 431 g/mol. The quantitative estimate of drug-likeness (QED) is 0.349. The molecular formula is C24H22BrNSi. The zero-order chi connectivity index (χ0) is 18.8. The minimum absolute atomic E-state index is 1.10. The number of hydrogen-bond donors (Lipinski definition) is 1. The summed E-state index contributed by atoms with van der Waals surface area (Å²) in [5.41, 5.74) is 5.50. The second-order valence-corrected chi connectivity index (χ2v) is 13.3. The lowest BCUT2D eigenvalue weighted by molar-refractivity contribution is 1.26. The fourth-order valence-corrected chi connectivity index (χ4v) is 8.85. The van der Waals surface area contributed by atoms with E-state index in [2.05, 4.69) is 95.5 Å². The van der Waals surface area contributed by atoms with Crippen molar-refractivity contribution in [2.75, 3.05) is 0 Å². The van der Waals surface area contributed by atoms with Crippen LogP contribution in [0.2, 0.25) is 13.1 Å². The van der Waals surface area contributed by atoms with Gasteiger partial charge in [0.05, 0.1) is 0 Å². The van der Waals surface area contributed by atoms with Crippen LogP contribution in [0.25, 0.3) is 27.8 Å². The van der Waals surface area contributed by atoms with E-state index >= 15 is 0 Å². The van der Waals surface area contributed by atoms with Gasteiger partial charge in [0.1, 0.15) is 8.07 Å². The summed E-state index contributed by atoms with van der Waals surface area (Å²) in [6.07, 6.45) is 5.57. The first-order chi connectivity index (χ1) is 13.0. The summed E-state index contributed by atoms with van der Waals surface area (Å²) in [5, 5.41) is 7.20. The highest BCUT2D eigenvalue weighted by Crippen LogP contribution is 2.37. The highest BCUT2D eigenvalue weighted by Gasteiger charge is 2.34. The fraction of sp³-hybridized carbons (Fsp3) is 0.167. The van der Waals surface area contributed by atoms with Crippen LogP contribution < -0.4 is 5.19 Å². The summed E-state index contributed by atoms with van der Waals surface area (Å²) in [5.74, 6) is 0. The van der Waals surface area contributed by atoms with Crippen LogP contribution in [0.15, 0.2) is 64.4 Å². The van der Waals surface area contributed by atoms with Gasteiger partial charge >= 0.3 is 0 Å². The van der Waals surface area contributed by atoms with Gasteiger partial charge in [-0.3, -0.25) is 0 Å². The number of rotatable bonds is 2. The van der Waals surface area contributed by atoms with Gasteiger partial charge in [-0.05, 0) is 68.5 Å². The molecule has 3 heteroatoms. The van der Waals surface area contributed by atoms with Gasteiger partial charge < -0.3 is 4.98 Å². The lowest BCUT2D eigenvalue weighted by atomic mass is 10.1. The smallest absolute Gasteiger partial charge is 0.109 e. The molecule has 3 aromatic carbocycles. The number of aromatic amines is 1. The molecule has 0 amide bonds. The normalized spacial score (nSPS) is 14.0. The number of allylic oxidation sites excluding steroid dienone is 1. The standard InChI is InChI=1S/C24H22BrNSi/c1-15-11-20-21(14-22-19(23(20)25)9-6-10-26-22)24(15)27(2,3)18-12-16-7-4-5-8-17(16)13-18/h4-12,14,26H,13H2,1-3H3. The molecule has 0 saturated carbocycles. The Morgan fingerprint density at radius 1 is 0.963 bits per heavy atom. The van der Waals surface area contributed by atoms with E-state index in [1.54, 1.807) is 10.4 Å². The highest BCUT2D eigenvalue weighted by molar-refractivity contribution is 9.10. The largest absolute Gasteiger partial charge is 0.361 e. The van der Waals surface area contributed by atoms with E-state index in [0.717, 1.165) is 6.42 Å². The van der Waals surface area contributed by atoms with Crippen molar-refractivity contribution in [3.63, 3.8) is 0 Å². The minimum atomic E-state index is -1.78. The molecule has 0 spiro atoms. The molecule has 0 unspecified atom stereocenters. The molecule has 0 saturated heterocycles. The molecule has 1 nitrogen and oxygen atoms in total. The average Bonchev–Trinajstić information content (AvgIpc) is 3.23. The van der Waals surface area contributed by atoms with Crippen LogP contribution in [0, 0.1) is 6.92 Å². The summed E-state index contributed by atoms with van der Waals surface area (Å²) in [6.45, 7) is 7.31. The maximum atomic E-state index is 3.88. The van der Waals surface area contributed by atoms with Crippen molar-refractivity contribution in [2.24, 2.45) is 0 Å². The maximum Gasteiger partial charge on any atom is 0.109 e. The van der Waals surface area contributed by atoms with Gasteiger partial charge in [-0.2, -0.15) is 0 Å². The van der Waals surface area contributed by atoms with Crippen molar-refractivity contribution in [3.8, 4) is 0 Å². The van der Waals surface area contributed by atoms with Gasteiger partial charge in [0, 0.05) is 21.6 Å². The van der Waals surface area contributed by atoms with Crippen molar-refractivity contribution in [1.29, 1.82) is 0 Å². The van der Waals surface area contributed by atoms with Crippen molar-refractivity contribution in [1.82, 2.24) is 4.98 Å². The molecule has 1 heterocycles. The van der Waals surface area contributed by atoms with Crippen LogP contribution >= 0.6 is 15.9 Å². The summed E-state index contributed by atoms with van der Waals surface area (Å²) in [6, 6.07) is 17.8. The molecule has 1 aliphatic rings. The maximum absolute atomic E-state index is 3.88. The molecule has 134 valence electrons. The second-order valence-electron chi connectivity index (χ2n) is 8.16. The third kappa shape index (κ3) is 2.49. The molecule has 1 aliphatic carbocycles. The Hall–Kier alpha value is -2.10. The van der Waals surface area contributed by atoms with Crippen LogP contribution in [0.4, 0.5) is 0 Å². The Balaban J connectivity index is 1.74. The van der Waals surface area contributed by atoms with Gasteiger partial charge in [-0.25, -0.2) is 0 Å². The van der Waals surface area contributed by atoms with E-state index in [4.69, 9.17) is 0 Å². The van der Waals surface area contributed by atoms with E-state index < -0.39 is 8.07 Å². The van der Waals surface area contributed by atoms with Crippen LogP contribution in [0.1, 0.15) is 16.7 Å². The number of halogens is 1. The molecule has 4 aromatic rings. The predicted molar refractivity (Wildman–Crippen MR) is 123 cm³/mol. The number of aryl methyl sites for hydroxylation is 1. The van der Waals surface area contributed by atoms with Crippen molar-refractivity contribution >= 4 is 56.9 Å². The fourth-order valence-electron chi connectivity index (χ4n) is 4.77. The average molecular weight is 432 g/mol. The third-order valence-corrected chi connectivity index (χ3v) is 10.9. The lowest BCUT2D eigenvalue weighted by Crippen LogP contribution is -2.44.